The number of rotatable bonds is 5. The number of nitrogens with one attached hydrogen (secondary N) is 1. The molecule has 0 saturated carbocycles. The van der Waals surface area contributed by atoms with E-state index in [0.717, 1.165) is 31.1 Å². The zero-order valence-corrected chi connectivity index (χ0v) is 12.6. The molecule has 0 aliphatic carbocycles. The zero-order chi connectivity index (χ0) is 14.4. The minimum atomic E-state index is 0.419. The molecule has 0 bridgehead atoms. The van der Waals surface area contributed by atoms with E-state index in [-0.39, 0.29) is 0 Å². The van der Waals surface area contributed by atoms with Gasteiger partial charge in [0.25, 0.3) is 0 Å². The predicted molar refractivity (Wildman–Crippen MR) is 82.4 cm³/mol. The highest BCUT2D eigenvalue weighted by Crippen LogP contribution is 2.23. The Balaban J connectivity index is 1.99. The maximum absolute atomic E-state index is 8.87. The van der Waals surface area contributed by atoms with Gasteiger partial charge in [0.2, 0.25) is 0 Å². The number of hydrogen-bond acceptors (Lipinski definition) is 3. The Labute approximate surface area is 122 Å². The quantitative estimate of drug-likeness (QED) is 0.895. The summed E-state index contributed by atoms with van der Waals surface area (Å²) in [5.74, 6) is 0.817. The first-order valence-corrected chi connectivity index (χ1v) is 7.69. The van der Waals surface area contributed by atoms with Gasteiger partial charge in [0, 0.05) is 12.6 Å². The van der Waals surface area contributed by atoms with Crippen LogP contribution in [0.4, 0.5) is 0 Å². The lowest BCUT2D eigenvalue weighted by Gasteiger charge is -2.33. The molecule has 1 saturated heterocycles. The zero-order valence-electron chi connectivity index (χ0n) is 12.6. The third kappa shape index (κ3) is 3.82. The van der Waals surface area contributed by atoms with E-state index in [1.54, 1.807) is 0 Å². The smallest absolute Gasteiger partial charge is 0.0991 e. The number of nitrogens with zero attached hydrogens (tertiary/aromatic N) is 2. The minimum absolute atomic E-state index is 0.419. The van der Waals surface area contributed by atoms with Gasteiger partial charge in [-0.1, -0.05) is 19.1 Å². The van der Waals surface area contributed by atoms with Gasteiger partial charge in [-0.05, 0) is 63.0 Å². The van der Waals surface area contributed by atoms with Crippen LogP contribution in [0.2, 0.25) is 0 Å². The van der Waals surface area contributed by atoms with Gasteiger partial charge in [-0.25, -0.2) is 0 Å². The van der Waals surface area contributed by atoms with Crippen molar-refractivity contribution in [2.24, 2.45) is 5.92 Å². The van der Waals surface area contributed by atoms with E-state index in [9.17, 15) is 0 Å². The topological polar surface area (TPSA) is 39.1 Å². The maximum atomic E-state index is 8.87. The summed E-state index contributed by atoms with van der Waals surface area (Å²) in [6.45, 7) is 9.08. The first-order valence-electron chi connectivity index (χ1n) is 7.69. The van der Waals surface area contributed by atoms with Crippen molar-refractivity contribution in [3.8, 4) is 6.07 Å². The van der Waals surface area contributed by atoms with E-state index < -0.39 is 0 Å². The highest BCUT2D eigenvalue weighted by molar-refractivity contribution is 5.32. The van der Waals surface area contributed by atoms with Crippen molar-refractivity contribution in [1.29, 1.82) is 5.26 Å². The standard InChI is InChI=1S/C17H25N3/c1-3-20(13-16-8-10-19-11-9-16)14(2)17-6-4-15(12-18)5-7-17/h4-7,14,16,19H,3,8-11,13H2,1-2H3. The van der Waals surface area contributed by atoms with Crippen LogP contribution in [-0.2, 0) is 0 Å². The van der Waals surface area contributed by atoms with Crippen molar-refractivity contribution in [3.05, 3.63) is 35.4 Å². The van der Waals surface area contributed by atoms with Crippen LogP contribution in [0.1, 0.15) is 43.9 Å². The molecule has 108 valence electrons. The molecule has 1 aromatic rings. The summed E-state index contributed by atoms with van der Waals surface area (Å²) in [5.41, 5.74) is 2.04. The summed E-state index contributed by atoms with van der Waals surface area (Å²) in [6, 6.07) is 10.6. The van der Waals surface area contributed by atoms with Gasteiger partial charge >= 0.3 is 0 Å². The van der Waals surface area contributed by atoms with Gasteiger partial charge in [0.15, 0.2) is 0 Å². The molecule has 1 aliphatic rings. The first kappa shape index (κ1) is 15.0. The molecule has 0 spiro atoms. The van der Waals surface area contributed by atoms with E-state index in [4.69, 9.17) is 5.26 Å². The van der Waals surface area contributed by atoms with Crippen LogP contribution in [0, 0.1) is 17.2 Å². The largest absolute Gasteiger partial charge is 0.317 e. The average molecular weight is 271 g/mol. The second kappa shape index (κ2) is 7.42. The van der Waals surface area contributed by atoms with Crippen LogP contribution in [0.25, 0.3) is 0 Å². The van der Waals surface area contributed by atoms with Crippen LogP contribution in [0.3, 0.4) is 0 Å². The van der Waals surface area contributed by atoms with Crippen LogP contribution >= 0.6 is 0 Å². The Bertz CT molecular complexity index is 440. The van der Waals surface area contributed by atoms with Crippen LogP contribution < -0.4 is 5.32 Å². The lowest BCUT2D eigenvalue weighted by atomic mass is 9.96. The number of nitriles is 1. The van der Waals surface area contributed by atoms with Gasteiger partial charge in [-0.2, -0.15) is 5.26 Å². The minimum Gasteiger partial charge on any atom is -0.317 e. The molecule has 1 aromatic carbocycles. The van der Waals surface area contributed by atoms with Gasteiger partial charge in [0.05, 0.1) is 11.6 Å². The Hall–Kier alpha value is -1.37. The lowest BCUT2D eigenvalue weighted by Crippen LogP contribution is -2.37. The monoisotopic (exact) mass is 271 g/mol. The Kier molecular flexibility index (Phi) is 5.58. The Morgan fingerprint density at radius 1 is 1.30 bits per heavy atom. The second-order valence-electron chi connectivity index (χ2n) is 5.69. The summed E-state index contributed by atoms with van der Waals surface area (Å²) in [6.07, 6.45) is 2.58. The van der Waals surface area contributed by atoms with E-state index in [1.165, 1.54) is 24.9 Å². The highest BCUT2D eigenvalue weighted by atomic mass is 15.1. The molecule has 1 heterocycles. The summed E-state index contributed by atoms with van der Waals surface area (Å²) in [4.78, 5) is 2.55. The molecule has 0 aromatic heterocycles. The normalized spacial score (nSPS) is 17.9. The van der Waals surface area contributed by atoms with Gasteiger partial charge in [-0.3, -0.25) is 4.90 Å². The summed E-state index contributed by atoms with van der Waals surface area (Å²) < 4.78 is 0. The first-order chi connectivity index (χ1) is 9.74. The molecular formula is C17H25N3. The van der Waals surface area contributed by atoms with Crippen LogP contribution in [-0.4, -0.2) is 31.1 Å². The van der Waals surface area contributed by atoms with Gasteiger partial charge < -0.3 is 5.32 Å². The summed E-state index contributed by atoms with van der Waals surface area (Å²) in [5, 5.41) is 12.3. The van der Waals surface area contributed by atoms with Crippen molar-refractivity contribution in [2.75, 3.05) is 26.2 Å². The van der Waals surface area contributed by atoms with Crippen molar-refractivity contribution < 1.29 is 0 Å². The molecule has 3 heteroatoms. The molecule has 1 unspecified atom stereocenters. The number of hydrogen-bond donors (Lipinski definition) is 1. The maximum Gasteiger partial charge on any atom is 0.0991 e. The van der Waals surface area contributed by atoms with Crippen molar-refractivity contribution in [2.45, 2.75) is 32.7 Å². The average Bonchev–Trinajstić information content (AvgIpc) is 2.53. The Morgan fingerprint density at radius 3 is 2.50 bits per heavy atom. The molecule has 1 atom stereocenters. The lowest BCUT2D eigenvalue weighted by molar-refractivity contribution is 0.169. The fourth-order valence-corrected chi connectivity index (χ4v) is 3.00. The second-order valence-corrected chi connectivity index (χ2v) is 5.69. The summed E-state index contributed by atoms with van der Waals surface area (Å²) >= 11 is 0. The molecule has 2 rings (SSSR count). The number of piperidine rings is 1. The third-order valence-electron chi connectivity index (χ3n) is 4.43. The fraction of sp³-hybridized carbons (Fsp3) is 0.588. The molecule has 1 N–H and O–H groups in total. The van der Waals surface area contributed by atoms with Gasteiger partial charge in [0.1, 0.15) is 0 Å². The van der Waals surface area contributed by atoms with Crippen LogP contribution in [0.5, 0.6) is 0 Å². The molecule has 0 radical (unpaired) electrons. The van der Waals surface area contributed by atoms with Gasteiger partial charge in [-0.15, -0.1) is 0 Å². The predicted octanol–water partition coefficient (Wildman–Crippen LogP) is 2.94. The molecule has 0 amide bonds. The molecule has 1 aliphatic heterocycles. The Morgan fingerprint density at radius 2 is 1.95 bits per heavy atom. The van der Waals surface area contributed by atoms with E-state index >= 15 is 0 Å². The van der Waals surface area contributed by atoms with Crippen LogP contribution in [0.15, 0.2) is 24.3 Å². The highest BCUT2D eigenvalue weighted by Gasteiger charge is 2.20. The molecule has 1 fully saturated rings. The van der Waals surface area contributed by atoms with E-state index in [0.29, 0.717) is 6.04 Å². The molecule has 3 nitrogen and oxygen atoms in total. The van der Waals surface area contributed by atoms with E-state index in [1.807, 2.05) is 12.1 Å². The number of benzene rings is 1. The SMILES string of the molecule is CCN(CC1CCNCC1)C(C)c1ccc(C#N)cc1. The molecular weight excluding hydrogens is 246 g/mol. The van der Waals surface area contributed by atoms with Crippen molar-refractivity contribution in [1.82, 2.24) is 10.2 Å². The van der Waals surface area contributed by atoms with E-state index in [2.05, 4.69) is 42.3 Å². The fourth-order valence-electron chi connectivity index (χ4n) is 3.00. The van der Waals surface area contributed by atoms with Crippen molar-refractivity contribution >= 4 is 0 Å². The summed E-state index contributed by atoms with van der Waals surface area (Å²) in [7, 11) is 0. The van der Waals surface area contributed by atoms with Crippen molar-refractivity contribution in [3.63, 3.8) is 0 Å². The molecule has 20 heavy (non-hydrogen) atoms. The third-order valence-corrected chi connectivity index (χ3v) is 4.43.